The van der Waals surface area contributed by atoms with Crippen molar-refractivity contribution in [3.05, 3.63) is 59.1 Å². The molecule has 1 heterocycles. The summed E-state index contributed by atoms with van der Waals surface area (Å²) >= 11 is 6.28. The lowest BCUT2D eigenvalue weighted by Gasteiger charge is -2.38. The Kier molecular flexibility index (Phi) is 5.77. The molecule has 0 saturated carbocycles. The predicted octanol–water partition coefficient (Wildman–Crippen LogP) is 3.36. The first-order chi connectivity index (χ1) is 12.6. The van der Waals surface area contributed by atoms with Gasteiger partial charge in [0.15, 0.2) is 0 Å². The van der Waals surface area contributed by atoms with Crippen molar-refractivity contribution in [1.29, 1.82) is 5.26 Å². The number of nitrogens with zero attached hydrogens (tertiary/aromatic N) is 3. The normalized spacial score (nSPS) is 16.0. The number of benzene rings is 2. The van der Waals surface area contributed by atoms with Gasteiger partial charge in [0, 0.05) is 31.9 Å². The third kappa shape index (κ3) is 4.16. The zero-order valence-electron chi connectivity index (χ0n) is 14.7. The Balaban J connectivity index is 1.57. The van der Waals surface area contributed by atoms with Crippen molar-refractivity contribution >= 4 is 28.9 Å². The van der Waals surface area contributed by atoms with Crippen molar-refractivity contribution in [1.82, 2.24) is 4.90 Å². The molecule has 5 nitrogen and oxygen atoms in total. The fourth-order valence-corrected chi connectivity index (χ4v) is 3.39. The maximum atomic E-state index is 12.5. The Hall–Kier alpha value is -2.55. The summed E-state index contributed by atoms with van der Waals surface area (Å²) in [4.78, 5) is 17.0. The molecule has 1 atom stereocenters. The van der Waals surface area contributed by atoms with E-state index in [9.17, 15) is 4.79 Å². The Morgan fingerprint density at radius 2 is 1.88 bits per heavy atom. The van der Waals surface area contributed by atoms with Gasteiger partial charge in [0.25, 0.3) is 0 Å². The summed E-state index contributed by atoms with van der Waals surface area (Å²) in [7, 11) is 0. The van der Waals surface area contributed by atoms with E-state index in [2.05, 4.69) is 21.2 Å². The Bertz CT molecular complexity index is 825. The molecule has 26 heavy (non-hydrogen) atoms. The van der Waals surface area contributed by atoms with Gasteiger partial charge < -0.3 is 10.2 Å². The first kappa shape index (κ1) is 18.2. The number of carbonyl (C=O) groups excluding carboxylic acids is 1. The molecule has 0 aromatic heterocycles. The first-order valence-corrected chi connectivity index (χ1v) is 9.01. The van der Waals surface area contributed by atoms with E-state index in [4.69, 9.17) is 16.9 Å². The number of hydrogen-bond donors (Lipinski definition) is 1. The van der Waals surface area contributed by atoms with Crippen LogP contribution in [0.1, 0.15) is 12.5 Å². The molecule has 2 aromatic rings. The lowest BCUT2D eigenvalue weighted by molar-refractivity contribution is -0.120. The molecular formula is C20H21ClN4O. The number of halogens is 1. The summed E-state index contributed by atoms with van der Waals surface area (Å²) in [5, 5.41) is 12.6. The third-order valence-corrected chi connectivity index (χ3v) is 5.01. The minimum absolute atomic E-state index is 0.0636. The van der Waals surface area contributed by atoms with Crippen LogP contribution in [0.2, 0.25) is 5.02 Å². The molecule has 0 bridgehead atoms. The molecule has 1 aliphatic rings. The van der Waals surface area contributed by atoms with Crippen LogP contribution in [0, 0.1) is 11.3 Å². The van der Waals surface area contributed by atoms with Crippen LogP contribution in [0.3, 0.4) is 0 Å². The summed E-state index contributed by atoms with van der Waals surface area (Å²) in [6.45, 7) is 5.14. The molecule has 3 rings (SSSR count). The molecule has 1 aliphatic heterocycles. The number of amides is 1. The van der Waals surface area contributed by atoms with Crippen LogP contribution in [0.15, 0.2) is 48.5 Å². The Morgan fingerprint density at radius 3 is 2.58 bits per heavy atom. The summed E-state index contributed by atoms with van der Waals surface area (Å²) in [5.74, 6) is -0.0636. The van der Waals surface area contributed by atoms with Gasteiger partial charge in [-0.2, -0.15) is 5.26 Å². The van der Waals surface area contributed by atoms with Crippen LogP contribution in [-0.4, -0.2) is 43.0 Å². The summed E-state index contributed by atoms with van der Waals surface area (Å²) in [6.07, 6.45) is 0. The molecule has 1 N–H and O–H groups in total. The SMILES string of the molecule is CC(C(=O)Nc1cccc(C#N)c1)N1CCN(c2ccccc2Cl)CC1. The van der Waals surface area contributed by atoms with Crippen molar-refractivity contribution in [3.8, 4) is 6.07 Å². The van der Waals surface area contributed by atoms with E-state index in [0.717, 1.165) is 36.9 Å². The van der Waals surface area contributed by atoms with E-state index in [0.29, 0.717) is 11.3 Å². The maximum Gasteiger partial charge on any atom is 0.241 e. The predicted molar refractivity (Wildman–Crippen MR) is 104 cm³/mol. The van der Waals surface area contributed by atoms with E-state index in [1.807, 2.05) is 31.2 Å². The fourth-order valence-electron chi connectivity index (χ4n) is 3.14. The van der Waals surface area contributed by atoms with Crippen LogP contribution in [-0.2, 0) is 4.79 Å². The lowest BCUT2D eigenvalue weighted by atomic mass is 10.1. The zero-order chi connectivity index (χ0) is 18.5. The van der Waals surface area contributed by atoms with Gasteiger partial charge in [-0.25, -0.2) is 0 Å². The number of nitrogens with one attached hydrogen (secondary N) is 1. The second-order valence-corrected chi connectivity index (χ2v) is 6.74. The van der Waals surface area contributed by atoms with E-state index < -0.39 is 0 Å². The second-order valence-electron chi connectivity index (χ2n) is 6.33. The van der Waals surface area contributed by atoms with Crippen molar-refractivity contribution in [3.63, 3.8) is 0 Å². The summed E-state index contributed by atoms with van der Waals surface area (Å²) in [6, 6.07) is 16.6. The number of anilines is 2. The van der Waals surface area contributed by atoms with Crippen molar-refractivity contribution in [2.75, 3.05) is 36.4 Å². The molecule has 1 unspecified atom stereocenters. The van der Waals surface area contributed by atoms with Gasteiger partial charge >= 0.3 is 0 Å². The average Bonchev–Trinajstić information content (AvgIpc) is 2.68. The highest BCUT2D eigenvalue weighted by molar-refractivity contribution is 6.33. The van der Waals surface area contributed by atoms with Gasteiger partial charge in [-0.05, 0) is 37.3 Å². The molecule has 2 aromatic carbocycles. The molecule has 0 spiro atoms. The molecule has 1 fully saturated rings. The topological polar surface area (TPSA) is 59.4 Å². The van der Waals surface area contributed by atoms with Gasteiger partial charge in [0.05, 0.1) is 28.4 Å². The summed E-state index contributed by atoms with van der Waals surface area (Å²) in [5.41, 5.74) is 2.22. The van der Waals surface area contributed by atoms with E-state index in [1.165, 1.54) is 0 Å². The Morgan fingerprint density at radius 1 is 1.15 bits per heavy atom. The van der Waals surface area contributed by atoms with Crippen LogP contribution in [0.4, 0.5) is 11.4 Å². The molecule has 1 amide bonds. The van der Waals surface area contributed by atoms with Gasteiger partial charge in [-0.15, -0.1) is 0 Å². The number of hydrogen-bond acceptors (Lipinski definition) is 4. The van der Waals surface area contributed by atoms with E-state index >= 15 is 0 Å². The fraction of sp³-hybridized carbons (Fsp3) is 0.300. The zero-order valence-corrected chi connectivity index (χ0v) is 15.4. The van der Waals surface area contributed by atoms with E-state index in [1.54, 1.807) is 24.3 Å². The van der Waals surface area contributed by atoms with Crippen molar-refractivity contribution in [2.45, 2.75) is 13.0 Å². The van der Waals surface area contributed by atoms with Crippen LogP contribution in [0.5, 0.6) is 0 Å². The lowest BCUT2D eigenvalue weighted by Crippen LogP contribution is -2.52. The van der Waals surface area contributed by atoms with Gasteiger partial charge in [-0.3, -0.25) is 9.69 Å². The van der Waals surface area contributed by atoms with Gasteiger partial charge in [0.2, 0.25) is 5.91 Å². The van der Waals surface area contributed by atoms with Gasteiger partial charge in [0.1, 0.15) is 0 Å². The number of piperazine rings is 1. The highest BCUT2D eigenvalue weighted by Crippen LogP contribution is 2.26. The molecule has 0 radical (unpaired) electrons. The average molecular weight is 369 g/mol. The quantitative estimate of drug-likeness (QED) is 0.898. The third-order valence-electron chi connectivity index (χ3n) is 4.69. The first-order valence-electron chi connectivity index (χ1n) is 8.63. The smallest absolute Gasteiger partial charge is 0.241 e. The number of para-hydroxylation sites is 1. The molecule has 6 heteroatoms. The molecule has 1 saturated heterocycles. The number of rotatable bonds is 4. The standard InChI is InChI=1S/C20H21ClN4O/c1-15(20(26)23-17-6-4-5-16(13-17)14-22)24-9-11-25(12-10-24)19-8-3-2-7-18(19)21/h2-8,13,15H,9-12H2,1H3,(H,23,26). The van der Waals surface area contributed by atoms with Gasteiger partial charge in [-0.1, -0.05) is 29.8 Å². The minimum atomic E-state index is -0.242. The van der Waals surface area contributed by atoms with Crippen LogP contribution < -0.4 is 10.2 Å². The molecular weight excluding hydrogens is 348 g/mol. The number of carbonyl (C=O) groups is 1. The van der Waals surface area contributed by atoms with Crippen LogP contribution in [0.25, 0.3) is 0 Å². The highest BCUT2D eigenvalue weighted by atomic mass is 35.5. The minimum Gasteiger partial charge on any atom is -0.368 e. The van der Waals surface area contributed by atoms with Crippen LogP contribution >= 0.6 is 11.6 Å². The maximum absolute atomic E-state index is 12.5. The molecule has 0 aliphatic carbocycles. The second kappa shape index (κ2) is 8.22. The largest absolute Gasteiger partial charge is 0.368 e. The monoisotopic (exact) mass is 368 g/mol. The number of nitriles is 1. The molecule has 134 valence electrons. The van der Waals surface area contributed by atoms with Crippen molar-refractivity contribution < 1.29 is 4.79 Å². The van der Waals surface area contributed by atoms with Crippen molar-refractivity contribution in [2.24, 2.45) is 0 Å². The summed E-state index contributed by atoms with van der Waals surface area (Å²) < 4.78 is 0. The van der Waals surface area contributed by atoms with E-state index in [-0.39, 0.29) is 11.9 Å². The highest BCUT2D eigenvalue weighted by Gasteiger charge is 2.26. The Labute approximate surface area is 158 Å².